The van der Waals surface area contributed by atoms with Crippen molar-refractivity contribution in [2.45, 2.75) is 18.7 Å². The first-order chi connectivity index (χ1) is 10.4. The Balaban J connectivity index is 2.28. The second-order valence-electron chi connectivity index (χ2n) is 5.29. The molecule has 1 aromatic heterocycles. The van der Waals surface area contributed by atoms with Crippen LogP contribution in [0.25, 0.3) is 10.9 Å². The van der Waals surface area contributed by atoms with Gasteiger partial charge in [0.15, 0.2) is 0 Å². The van der Waals surface area contributed by atoms with Crippen LogP contribution in [0.1, 0.15) is 11.3 Å². The van der Waals surface area contributed by atoms with E-state index in [-0.39, 0.29) is 4.90 Å². The topological polar surface area (TPSA) is 77.1 Å². The predicted octanol–water partition coefficient (Wildman–Crippen LogP) is 2.78. The summed E-state index contributed by atoms with van der Waals surface area (Å²) in [6.07, 6.45) is 0. The summed E-state index contributed by atoms with van der Waals surface area (Å²) >= 11 is 0. The molecule has 3 aromatic rings. The fourth-order valence-corrected chi connectivity index (χ4v) is 4.08. The SMILES string of the molecule is Cc1ccc(S(=O)(=O)n2c(C)cc3ccc(NN)cc32)cc1. The summed E-state index contributed by atoms with van der Waals surface area (Å²) < 4.78 is 27.3. The van der Waals surface area contributed by atoms with Gasteiger partial charge in [0.25, 0.3) is 10.0 Å². The smallest absolute Gasteiger partial charge is 0.268 e. The van der Waals surface area contributed by atoms with Gasteiger partial charge < -0.3 is 5.43 Å². The molecule has 3 rings (SSSR count). The molecule has 0 unspecified atom stereocenters. The summed E-state index contributed by atoms with van der Waals surface area (Å²) in [6, 6.07) is 14.1. The van der Waals surface area contributed by atoms with E-state index >= 15 is 0 Å². The standard InChI is InChI=1S/C16H17N3O2S/c1-11-3-7-15(8-4-11)22(20,21)19-12(2)9-13-5-6-14(18-17)10-16(13)19/h3-10,18H,17H2,1-2H3. The zero-order valence-corrected chi connectivity index (χ0v) is 13.2. The molecule has 5 nitrogen and oxygen atoms in total. The van der Waals surface area contributed by atoms with Gasteiger partial charge in [-0.3, -0.25) is 5.84 Å². The minimum Gasteiger partial charge on any atom is -0.324 e. The largest absolute Gasteiger partial charge is 0.324 e. The quantitative estimate of drug-likeness (QED) is 0.575. The number of benzene rings is 2. The molecule has 0 aliphatic heterocycles. The number of nitrogens with one attached hydrogen (secondary N) is 1. The molecule has 0 amide bonds. The number of aryl methyl sites for hydroxylation is 2. The zero-order chi connectivity index (χ0) is 15.9. The third-order valence-electron chi connectivity index (χ3n) is 3.66. The number of anilines is 1. The first-order valence-electron chi connectivity index (χ1n) is 6.84. The Kier molecular flexibility index (Phi) is 3.42. The Bertz CT molecular complexity index is 941. The minimum atomic E-state index is -3.65. The molecule has 0 radical (unpaired) electrons. The number of nitrogens with zero attached hydrogens (tertiary/aromatic N) is 1. The number of rotatable bonds is 3. The van der Waals surface area contributed by atoms with Crippen molar-refractivity contribution >= 4 is 26.6 Å². The van der Waals surface area contributed by atoms with Gasteiger partial charge in [-0.15, -0.1) is 0 Å². The van der Waals surface area contributed by atoms with Gasteiger partial charge in [0.05, 0.1) is 16.1 Å². The highest BCUT2D eigenvalue weighted by molar-refractivity contribution is 7.90. The van der Waals surface area contributed by atoms with Crippen LogP contribution >= 0.6 is 0 Å². The van der Waals surface area contributed by atoms with E-state index in [2.05, 4.69) is 5.43 Å². The highest BCUT2D eigenvalue weighted by Crippen LogP contribution is 2.27. The van der Waals surface area contributed by atoms with E-state index in [1.54, 1.807) is 37.3 Å². The van der Waals surface area contributed by atoms with Gasteiger partial charge in [0, 0.05) is 11.1 Å². The molecule has 114 valence electrons. The Morgan fingerprint density at radius 3 is 2.32 bits per heavy atom. The summed E-state index contributed by atoms with van der Waals surface area (Å²) in [7, 11) is -3.65. The van der Waals surface area contributed by atoms with Crippen molar-refractivity contribution in [1.82, 2.24) is 3.97 Å². The van der Waals surface area contributed by atoms with Crippen LogP contribution in [0, 0.1) is 13.8 Å². The third kappa shape index (κ3) is 2.26. The lowest BCUT2D eigenvalue weighted by atomic mass is 10.2. The van der Waals surface area contributed by atoms with E-state index < -0.39 is 10.0 Å². The van der Waals surface area contributed by atoms with E-state index in [1.807, 2.05) is 25.1 Å². The molecule has 3 N–H and O–H groups in total. The van der Waals surface area contributed by atoms with E-state index in [9.17, 15) is 8.42 Å². The maximum absolute atomic E-state index is 13.0. The van der Waals surface area contributed by atoms with Crippen LogP contribution in [0.15, 0.2) is 53.4 Å². The molecule has 6 heteroatoms. The van der Waals surface area contributed by atoms with Crippen molar-refractivity contribution in [2.24, 2.45) is 5.84 Å². The molecule has 0 atom stereocenters. The van der Waals surface area contributed by atoms with Crippen LogP contribution in [0.4, 0.5) is 5.69 Å². The van der Waals surface area contributed by atoms with Crippen molar-refractivity contribution in [3.8, 4) is 0 Å². The maximum Gasteiger partial charge on any atom is 0.268 e. The fraction of sp³-hybridized carbons (Fsp3) is 0.125. The fourth-order valence-electron chi connectivity index (χ4n) is 2.54. The van der Waals surface area contributed by atoms with Crippen LogP contribution in [0.2, 0.25) is 0 Å². The highest BCUT2D eigenvalue weighted by atomic mass is 32.2. The van der Waals surface area contributed by atoms with E-state index in [4.69, 9.17) is 5.84 Å². The average Bonchev–Trinajstić information content (AvgIpc) is 2.83. The normalized spacial score (nSPS) is 11.8. The average molecular weight is 315 g/mol. The number of hydrogen-bond donors (Lipinski definition) is 2. The summed E-state index contributed by atoms with van der Waals surface area (Å²) in [4.78, 5) is 0.268. The summed E-state index contributed by atoms with van der Waals surface area (Å²) in [5.74, 6) is 5.43. The van der Waals surface area contributed by atoms with Crippen LogP contribution in [-0.2, 0) is 10.0 Å². The van der Waals surface area contributed by atoms with E-state index in [1.165, 1.54) is 3.97 Å². The molecule has 0 spiro atoms. The Morgan fingerprint density at radius 1 is 1.00 bits per heavy atom. The third-order valence-corrected chi connectivity index (χ3v) is 5.49. The monoisotopic (exact) mass is 315 g/mol. The van der Waals surface area contributed by atoms with E-state index in [0.717, 1.165) is 10.9 Å². The lowest BCUT2D eigenvalue weighted by Crippen LogP contribution is -2.14. The molecule has 2 aromatic carbocycles. The Hall–Kier alpha value is -2.31. The van der Waals surface area contributed by atoms with Crippen LogP contribution < -0.4 is 11.3 Å². The van der Waals surface area contributed by atoms with Gasteiger partial charge in [0.2, 0.25) is 0 Å². The first-order valence-corrected chi connectivity index (χ1v) is 8.28. The minimum absolute atomic E-state index is 0.268. The van der Waals surface area contributed by atoms with Gasteiger partial charge in [-0.05, 0) is 44.2 Å². The number of nitrogen functional groups attached to an aromatic ring is 1. The van der Waals surface area contributed by atoms with Crippen LogP contribution in [0.3, 0.4) is 0 Å². The molecular formula is C16H17N3O2S. The lowest BCUT2D eigenvalue weighted by Gasteiger charge is -2.11. The van der Waals surface area contributed by atoms with Crippen molar-refractivity contribution in [2.75, 3.05) is 5.43 Å². The van der Waals surface area contributed by atoms with Gasteiger partial charge in [-0.1, -0.05) is 23.8 Å². The molecular weight excluding hydrogens is 298 g/mol. The Labute approximate surface area is 129 Å². The van der Waals surface area contributed by atoms with Gasteiger partial charge in [-0.2, -0.15) is 0 Å². The van der Waals surface area contributed by atoms with Gasteiger partial charge in [-0.25, -0.2) is 12.4 Å². The molecule has 0 aliphatic rings. The van der Waals surface area contributed by atoms with Crippen molar-refractivity contribution in [3.05, 3.63) is 59.8 Å². The number of nitrogens with two attached hydrogens (primary N) is 1. The predicted molar refractivity (Wildman–Crippen MR) is 88.2 cm³/mol. The molecule has 22 heavy (non-hydrogen) atoms. The zero-order valence-electron chi connectivity index (χ0n) is 12.4. The van der Waals surface area contributed by atoms with Crippen molar-refractivity contribution in [1.29, 1.82) is 0 Å². The number of hydrogen-bond acceptors (Lipinski definition) is 4. The second-order valence-corrected chi connectivity index (χ2v) is 7.07. The molecule has 0 bridgehead atoms. The number of fused-ring (bicyclic) bond motifs is 1. The van der Waals surface area contributed by atoms with Crippen LogP contribution in [0.5, 0.6) is 0 Å². The van der Waals surface area contributed by atoms with Gasteiger partial charge >= 0.3 is 0 Å². The van der Waals surface area contributed by atoms with Crippen molar-refractivity contribution < 1.29 is 8.42 Å². The second kappa shape index (κ2) is 5.15. The lowest BCUT2D eigenvalue weighted by molar-refractivity contribution is 0.588. The number of hydrazine groups is 1. The highest BCUT2D eigenvalue weighted by Gasteiger charge is 2.21. The molecule has 0 saturated heterocycles. The molecule has 1 heterocycles. The number of aromatic nitrogens is 1. The Morgan fingerprint density at radius 2 is 1.68 bits per heavy atom. The van der Waals surface area contributed by atoms with E-state index in [0.29, 0.717) is 16.9 Å². The molecule has 0 fully saturated rings. The summed E-state index contributed by atoms with van der Waals surface area (Å²) in [6.45, 7) is 3.70. The van der Waals surface area contributed by atoms with Crippen molar-refractivity contribution in [3.63, 3.8) is 0 Å². The molecule has 0 aliphatic carbocycles. The molecule has 0 saturated carbocycles. The summed E-state index contributed by atoms with van der Waals surface area (Å²) in [5.41, 5.74) is 5.48. The van der Waals surface area contributed by atoms with Gasteiger partial charge in [0.1, 0.15) is 0 Å². The van der Waals surface area contributed by atoms with Crippen LogP contribution in [-0.4, -0.2) is 12.4 Å². The maximum atomic E-state index is 13.0. The first kappa shape index (κ1) is 14.6. The summed E-state index contributed by atoms with van der Waals surface area (Å²) in [5, 5.41) is 0.854.